The lowest BCUT2D eigenvalue weighted by Crippen LogP contribution is -2.32. The first kappa shape index (κ1) is 18.1. The first-order valence-corrected chi connectivity index (χ1v) is 8.53. The summed E-state index contributed by atoms with van der Waals surface area (Å²) in [5.74, 6) is -0.748. The smallest absolute Gasteiger partial charge is 0.339 e. The standard InChI is InChI=1S/C20H26O4/c1-4-6-8-9-14-13-16-15(18(21)17(14)19(22)23)10-12-20(3,24-16)11-7-5-2/h5,10,12-13,21H,2,4,6-9,11H2,1,3H3,(H,22,23). The highest BCUT2D eigenvalue weighted by Crippen LogP contribution is 2.42. The molecular formula is C20H26O4. The lowest BCUT2D eigenvalue weighted by atomic mass is 9.91. The summed E-state index contributed by atoms with van der Waals surface area (Å²) >= 11 is 0. The van der Waals surface area contributed by atoms with Crippen molar-refractivity contribution < 1.29 is 19.7 Å². The van der Waals surface area contributed by atoms with E-state index in [2.05, 4.69) is 13.5 Å². The van der Waals surface area contributed by atoms with E-state index in [1.807, 2.05) is 19.1 Å². The van der Waals surface area contributed by atoms with Crippen LogP contribution in [0.25, 0.3) is 6.08 Å². The van der Waals surface area contributed by atoms with E-state index >= 15 is 0 Å². The van der Waals surface area contributed by atoms with Gasteiger partial charge in [0.15, 0.2) is 0 Å². The molecule has 1 atom stereocenters. The van der Waals surface area contributed by atoms with Gasteiger partial charge in [0, 0.05) is 0 Å². The van der Waals surface area contributed by atoms with Crippen molar-refractivity contribution in [2.75, 3.05) is 0 Å². The predicted molar refractivity (Wildman–Crippen MR) is 95.8 cm³/mol. The number of aryl methyl sites for hydroxylation is 1. The zero-order chi connectivity index (χ0) is 17.7. The highest BCUT2D eigenvalue weighted by Gasteiger charge is 2.30. The molecule has 24 heavy (non-hydrogen) atoms. The number of allylic oxidation sites excluding steroid dienone is 1. The van der Waals surface area contributed by atoms with E-state index in [0.29, 0.717) is 23.3 Å². The van der Waals surface area contributed by atoms with Crippen LogP contribution in [0.1, 0.15) is 67.4 Å². The predicted octanol–water partition coefficient (Wildman–Crippen LogP) is 4.95. The van der Waals surface area contributed by atoms with E-state index < -0.39 is 11.6 Å². The first-order chi connectivity index (χ1) is 11.4. The summed E-state index contributed by atoms with van der Waals surface area (Å²) in [6.07, 6.45) is 10.7. The van der Waals surface area contributed by atoms with E-state index in [1.165, 1.54) is 0 Å². The number of rotatable bonds is 8. The minimum absolute atomic E-state index is 0.00667. The molecule has 0 saturated heterocycles. The number of carboxylic acid groups (broad SMARTS) is 1. The Kier molecular flexibility index (Phi) is 5.71. The van der Waals surface area contributed by atoms with Gasteiger partial charge in [-0.15, -0.1) is 6.58 Å². The molecule has 4 nitrogen and oxygen atoms in total. The molecular weight excluding hydrogens is 304 g/mol. The fourth-order valence-electron chi connectivity index (χ4n) is 3.03. The summed E-state index contributed by atoms with van der Waals surface area (Å²) in [5.41, 5.74) is 0.600. The Bertz CT molecular complexity index is 660. The van der Waals surface area contributed by atoms with Crippen molar-refractivity contribution in [3.05, 3.63) is 41.5 Å². The van der Waals surface area contributed by atoms with Crippen LogP contribution in [0.5, 0.6) is 11.5 Å². The number of fused-ring (bicyclic) bond motifs is 1. The second-order valence-electron chi connectivity index (χ2n) is 6.51. The molecule has 0 aromatic heterocycles. The van der Waals surface area contributed by atoms with Gasteiger partial charge in [0.25, 0.3) is 0 Å². The maximum atomic E-state index is 11.6. The molecule has 2 N–H and O–H groups in total. The van der Waals surface area contributed by atoms with Gasteiger partial charge in [-0.3, -0.25) is 0 Å². The Morgan fingerprint density at radius 3 is 2.79 bits per heavy atom. The largest absolute Gasteiger partial charge is 0.506 e. The second-order valence-corrected chi connectivity index (χ2v) is 6.51. The normalized spacial score (nSPS) is 18.8. The number of benzene rings is 1. The Labute approximate surface area is 143 Å². The van der Waals surface area contributed by atoms with Crippen LogP contribution >= 0.6 is 0 Å². The Morgan fingerprint density at radius 2 is 2.17 bits per heavy atom. The summed E-state index contributed by atoms with van der Waals surface area (Å²) in [6, 6.07) is 1.78. The second kappa shape index (κ2) is 7.56. The molecule has 1 aromatic rings. The van der Waals surface area contributed by atoms with E-state index in [0.717, 1.165) is 32.1 Å². The third-order valence-electron chi connectivity index (χ3n) is 4.44. The zero-order valence-electron chi connectivity index (χ0n) is 14.5. The summed E-state index contributed by atoms with van der Waals surface area (Å²) in [7, 11) is 0. The number of carboxylic acids is 1. The number of aromatic hydroxyl groups is 1. The minimum atomic E-state index is -1.10. The quantitative estimate of drug-likeness (QED) is 0.522. The van der Waals surface area contributed by atoms with Crippen molar-refractivity contribution in [1.29, 1.82) is 0 Å². The molecule has 0 radical (unpaired) electrons. The molecule has 130 valence electrons. The Balaban J connectivity index is 2.41. The van der Waals surface area contributed by atoms with Crippen LogP contribution in [0.2, 0.25) is 0 Å². The number of ether oxygens (including phenoxy) is 1. The molecule has 2 rings (SSSR count). The number of aromatic carboxylic acids is 1. The minimum Gasteiger partial charge on any atom is -0.506 e. The third-order valence-corrected chi connectivity index (χ3v) is 4.44. The van der Waals surface area contributed by atoms with E-state index in [4.69, 9.17) is 4.74 Å². The Morgan fingerprint density at radius 1 is 1.42 bits per heavy atom. The molecule has 4 heteroatoms. The summed E-state index contributed by atoms with van der Waals surface area (Å²) in [6.45, 7) is 7.82. The van der Waals surface area contributed by atoms with Crippen molar-refractivity contribution in [2.45, 2.75) is 58.0 Å². The van der Waals surface area contributed by atoms with Crippen molar-refractivity contribution in [3.8, 4) is 11.5 Å². The van der Waals surface area contributed by atoms with E-state index in [9.17, 15) is 15.0 Å². The molecule has 0 spiro atoms. The number of unbranched alkanes of at least 4 members (excludes halogenated alkanes) is 2. The van der Waals surface area contributed by atoms with Crippen LogP contribution in [0.3, 0.4) is 0 Å². The molecule has 0 aliphatic carbocycles. The summed E-state index contributed by atoms with van der Waals surface area (Å²) in [4.78, 5) is 11.6. The lowest BCUT2D eigenvalue weighted by molar-refractivity contribution is 0.0692. The molecule has 0 saturated carbocycles. The van der Waals surface area contributed by atoms with Crippen molar-refractivity contribution in [1.82, 2.24) is 0 Å². The Hall–Kier alpha value is -2.23. The maximum absolute atomic E-state index is 11.6. The summed E-state index contributed by atoms with van der Waals surface area (Å²) in [5, 5.41) is 19.9. The molecule has 1 aliphatic rings. The van der Waals surface area contributed by atoms with Crippen LogP contribution in [-0.4, -0.2) is 21.8 Å². The van der Waals surface area contributed by atoms with Crippen LogP contribution < -0.4 is 4.74 Å². The number of carbonyl (C=O) groups is 1. The lowest BCUT2D eigenvalue weighted by Gasteiger charge is -2.32. The topological polar surface area (TPSA) is 66.8 Å². The highest BCUT2D eigenvalue weighted by molar-refractivity contribution is 5.95. The van der Waals surface area contributed by atoms with Crippen molar-refractivity contribution in [2.24, 2.45) is 0 Å². The van der Waals surface area contributed by atoms with Crippen molar-refractivity contribution >= 4 is 12.0 Å². The third kappa shape index (κ3) is 3.81. The van der Waals surface area contributed by atoms with Gasteiger partial charge in [-0.1, -0.05) is 25.8 Å². The average Bonchev–Trinajstić information content (AvgIpc) is 2.52. The van der Waals surface area contributed by atoms with Crippen LogP contribution in [0.15, 0.2) is 24.8 Å². The summed E-state index contributed by atoms with van der Waals surface area (Å²) < 4.78 is 6.10. The molecule has 0 fully saturated rings. The monoisotopic (exact) mass is 330 g/mol. The molecule has 0 bridgehead atoms. The van der Waals surface area contributed by atoms with Crippen LogP contribution in [0, 0.1) is 0 Å². The molecule has 1 heterocycles. The van der Waals surface area contributed by atoms with Crippen molar-refractivity contribution in [3.63, 3.8) is 0 Å². The van der Waals surface area contributed by atoms with Gasteiger partial charge in [0.1, 0.15) is 22.7 Å². The van der Waals surface area contributed by atoms with Gasteiger partial charge in [-0.2, -0.15) is 0 Å². The fraction of sp³-hybridized carbons (Fsp3) is 0.450. The van der Waals surface area contributed by atoms with Gasteiger partial charge < -0.3 is 14.9 Å². The SMILES string of the molecule is C=CCCC1(C)C=Cc2c(cc(CCCCC)c(C(=O)O)c2O)O1. The number of hydrogen-bond acceptors (Lipinski definition) is 3. The van der Waals surface area contributed by atoms with Gasteiger partial charge in [0.2, 0.25) is 0 Å². The number of hydrogen-bond donors (Lipinski definition) is 2. The average molecular weight is 330 g/mol. The first-order valence-electron chi connectivity index (χ1n) is 8.53. The van der Waals surface area contributed by atoms with E-state index in [1.54, 1.807) is 12.1 Å². The van der Waals surface area contributed by atoms with Gasteiger partial charge >= 0.3 is 5.97 Å². The molecule has 1 unspecified atom stereocenters. The molecule has 1 aromatic carbocycles. The molecule has 0 amide bonds. The van der Waals surface area contributed by atoms with Crippen LogP contribution in [-0.2, 0) is 6.42 Å². The van der Waals surface area contributed by atoms with Gasteiger partial charge in [-0.05, 0) is 56.4 Å². The zero-order valence-corrected chi connectivity index (χ0v) is 14.5. The number of phenols is 1. The van der Waals surface area contributed by atoms with Gasteiger partial charge in [-0.25, -0.2) is 4.79 Å². The van der Waals surface area contributed by atoms with Crippen LogP contribution in [0.4, 0.5) is 0 Å². The highest BCUT2D eigenvalue weighted by atomic mass is 16.5. The van der Waals surface area contributed by atoms with E-state index in [-0.39, 0.29) is 11.3 Å². The molecule has 1 aliphatic heterocycles. The maximum Gasteiger partial charge on any atom is 0.339 e. The fourth-order valence-corrected chi connectivity index (χ4v) is 3.03. The van der Waals surface area contributed by atoms with Gasteiger partial charge in [0.05, 0.1) is 5.56 Å².